The molecule has 0 aliphatic carbocycles. The van der Waals surface area contributed by atoms with Crippen molar-refractivity contribution >= 4 is 5.97 Å². The van der Waals surface area contributed by atoms with Gasteiger partial charge >= 0.3 is 5.97 Å². The summed E-state index contributed by atoms with van der Waals surface area (Å²) in [6, 6.07) is -0.349. The second kappa shape index (κ2) is 5.02. The molecule has 0 bridgehead atoms. The maximum Gasteiger partial charge on any atom is 0.321 e. The van der Waals surface area contributed by atoms with E-state index in [0.717, 1.165) is 25.9 Å². The summed E-state index contributed by atoms with van der Waals surface area (Å²) in [4.78, 5) is 12.9. The second-order valence-electron chi connectivity index (χ2n) is 3.48. The molecule has 0 aromatic heterocycles. The lowest BCUT2D eigenvalue weighted by Crippen LogP contribution is -2.43. The molecular formula is C10H17NO2. The fourth-order valence-electron chi connectivity index (χ4n) is 1.79. The summed E-state index contributed by atoms with van der Waals surface area (Å²) in [6.07, 6.45) is 5.72. The van der Waals surface area contributed by atoms with Gasteiger partial charge in [0.25, 0.3) is 0 Å². The number of carboxylic acid groups (broad SMARTS) is 1. The number of hydrogen-bond acceptors (Lipinski definition) is 2. The van der Waals surface area contributed by atoms with Gasteiger partial charge in [-0.3, -0.25) is 9.69 Å². The van der Waals surface area contributed by atoms with Crippen molar-refractivity contribution in [1.29, 1.82) is 0 Å². The van der Waals surface area contributed by atoms with Crippen molar-refractivity contribution in [3.8, 4) is 0 Å². The molecule has 0 saturated carbocycles. The maximum absolute atomic E-state index is 10.9. The molecule has 13 heavy (non-hydrogen) atoms. The van der Waals surface area contributed by atoms with E-state index < -0.39 is 5.97 Å². The average Bonchev–Trinajstić information content (AvgIpc) is 2.15. The Morgan fingerprint density at radius 2 is 2.08 bits per heavy atom. The summed E-state index contributed by atoms with van der Waals surface area (Å²) in [5, 5.41) is 8.97. The zero-order valence-electron chi connectivity index (χ0n) is 7.91. The number of piperidine rings is 1. The predicted octanol–water partition coefficient (Wildman–Crippen LogP) is 1.50. The molecule has 1 aliphatic rings. The van der Waals surface area contributed by atoms with Crippen LogP contribution < -0.4 is 0 Å². The second-order valence-corrected chi connectivity index (χ2v) is 3.48. The van der Waals surface area contributed by atoms with E-state index in [9.17, 15) is 4.79 Å². The van der Waals surface area contributed by atoms with Crippen LogP contribution in [0.4, 0.5) is 0 Å². The van der Waals surface area contributed by atoms with Crippen LogP contribution in [-0.4, -0.2) is 35.1 Å². The summed E-state index contributed by atoms with van der Waals surface area (Å²) >= 11 is 0. The lowest BCUT2D eigenvalue weighted by Gasteiger charge is -2.31. The Bertz CT molecular complexity index is 185. The lowest BCUT2D eigenvalue weighted by molar-refractivity contribution is -0.143. The molecule has 0 amide bonds. The number of likely N-dealkylation sites (tertiary alicyclic amines) is 1. The SMILES string of the molecule is C=CCC(C(=O)O)N1CCCCC1. The average molecular weight is 183 g/mol. The first-order chi connectivity index (χ1) is 6.25. The van der Waals surface area contributed by atoms with Crippen molar-refractivity contribution in [2.45, 2.75) is 31.7 Å². The minimum atomic E-state index is -0.721. The van der Waals surface area contributed by atoms with Crippen LogP contribution in [0.3, 0.4) is 0 Å². The van der Waals surface area contributed by atoms with Crippen LogP contribution in [0, 0.1) is 0 Å². The molecule has 1 N–H and O–H groups in total. The molecule has 3 heteroatoms. The zero-order valence-corrected chi connectivity index (χ0v) is 7.91. The van der Waals surface area contributed by atoms with E-state index in [0.29, 0.717) is 6.42 Å². The van der Waals surface area contributed by atoms with Gasteiger partial charge in [-0.1, -0.05) is 12.5 Å². The molecule has 1 rings (SSSR count). The van der Waals surface area contributed by atoms with Gasteiger partial charge in [0.2, 0.25) is 0 Å². The topological polar surface area (TPSA) is 40.5 Å². The first-order valence-corrected chi connectivity index (χ1v) is 4.83. The van der Waals surface area contributed by atoms with E-state index in [1.54, 1.807) is 6.08 Å². The highest BCUT2D eigenvalue weighted by molar-refractivity contribution is 5.73. The number of carboxylic acids is 1. The molecular weight excluding hydrogens is 166 g/mol. The van der Waals surface area contributed by atoms with Crippen molar-refractivity contribution < 1.29 is 9.90 Å². The van der Waals surface area contributed by atoms with Crippen LogP contribution in [0.5, 0.6) is 0 Å². The van der Waals surface area contributed by atoms with E-state index in [2.05, 4.69) is 6.58 Å². The molecule has 3 nitrogen and oxygen atoms in total. The number of carbonyl (C=O) groups is 1. The van der Waals surface area contributed by atoms with Gasteiger partial charge < -0.3 is 5.11 Å². The Labute approximate surface area is 79.0 Å². The smallest absolute Gasteiger partial charge is 0.321 e. The molecule has 1 aliphatic heterocycles. The monoisotopic (exact) mass is 183 g/mol. The highest BCUT2D eigenvalue weighted by Gasteiger charge is 2.24. The first-order valence-electron chi connectivity index (χ1n) is 4.83. The summed E-state index contributed by atoms with van der Waals surface area (Å²) in [6.45, 7) is 5.43. The fourth-order valence-corrected chi connectivity index (χ4v) is 1.79. The van der Waals surface area contributed by atoms with E-state index in [1.807, 2.05) is 4.90 Å². The van der Waals surface area contributed by atoms with Crippen LogP contribution >= 0.6 is 0 Å². The Morgan fingerprint density at radius 1 is 1.46 bits per heavy atom. The summed E-state index contributed by atoms with van der Waals surface area (Å²) in [5.74, 6) is -0.721. The van der Waals surface area contributed by atoms with Crippen LogP contribution in [0.1, 0.15) is 25.7 Å². The lowest BCUT2D eigenvalue weighted by atomic mass is 10.1. The Hall–Kier alpha value is -0.830. The fraction of sp³-hybridized carbons (Fsp3) is 0.700. The van der Waals surface area contributed by atoms with Crippen molar-refractivity contribution in [3.05, 3.63) is 12.7 Å². The first kappa shape index (κ1) is 10.3. The number of rotatable bonds is 4. The molecule has 1 saturated heterocycles. The van der Waals surface area contributed by atoms with Crippen LogP contribution in [0.2, 0.25) is 0 Å². The quantitative estimate of drug-likeness (QED) is 0.671. The van der Waals surface area contributed by atoms with Gasteiger partial charge in [-0.15, -0.1) is 6.58 Å². The van der Waals surface area contributed by atoms with Gasteiger partial charge in [-0.25, -0.2) is 0 Å². The van der Waals surface area contributed by atoms with Crippen molar-refractivity contribution in [1.82, 2.24) is 4.90 Å². The molecule has 0 aromatic carbocycles. The number of nitrogens with zero attached hydrogens (tertiary/aromatic N) is 1. The summed E-state index contributed by atoms with van der Waals surface area (Å²) in [5.41, 5.74) is 0. The maximum atomic E-state index is 10.9. The molecule has 1 fully saturated rings. The molecule has 74 valence electrons. The van der Waals surface area contributed by atoms with Crippen molar-refractivity contribution in [2.24, 2.45) is 0 Å². The van der Waals surface area contributed by atoms with Crippen LogP contribution in [-0.2, 0) is 4.79 Å². The highest BCUT2D eigenvalue weighted by Crippen LogP contribution is 2.14. The minimum Gasteiger partial charge on any atom is -0.480 e. The van der Waals surface area contributed by atoms with Crippen molar-refractivity contribution in [3.63, 3.8) is 0 Å². The van der Waals surface area contributed by atoms with Crippen LogP contribution in [0.25, 0.3) is 0 Å². The molecule has 1 unspecified atom stereocenters. The third-order valence-electron chi connectivity index (χ3n) is 2.51. The van der Waals surface area contributed by atoms with Gasteiger partial charge in [0.05, 0.1) is 0 Å². The van der Waals surface area contributed by atoms with E-state index in [4.69, 9.17) is 5.11 Å². The minimum absolute atomic E-state index is 0.349. The normalized spacial score (nSPS) is 20.9. The predicted molar refractivity (Wildman–Crippen MR) is 51.7 cm³/mol. The van der Waals surface area contributed by atoms with Gasteiger partial charge in [0.1, 0.15) is 6.04 Å². The highest BCUT2D eigenvalue weighted by atomic mass is 16.4. The van der Waals surface area contributed by atoms with E-state index in [-0.39, 0.29) is 6.04 Å². The third-order valence-corrected chi connectivity index (χ3v) is 2.51. The summed E-state index contributed by atoms with van der Waals surface area (Å²) in [7, 11) is 0. The Balaban J connectivity index is 2.51. The zero-order chi connectivity index (χ0) is 9.68. The molecule has 0 radical (unpaired) electrons. The van der Waals surface area contributed by atoms with Gasteiger partial charge in [0.15, 0.2) is 0 Å². The third kappa shape index (κ3) is 2.84. The van der Waals surface area contributed by atoms with Crippen LogP contribution in [0.15, 0.2) is 12.7 Å². The molecule has 0 spiro atoms. The van der Waals surface area contributed by atoms with E-state index >= 15 is 0 Å². The van der Waals surface area contributed by atoms with Gasteiger partial charge in [-0.2, -0.15) is 0 Å². The van der Waals surface area contributed by atoms with E-state index in [1.165, 1.54) is 6.42 Å². The number of hydrogen-bond donors (Lipinski definition) is 1. The Kier molecular flexibility index (Phi) is 3.96. The summed E-state index contributed by atoms with van der Waals surface area (Å²) < 4.78 is 0. The standard InChI is InChI=1S/C10H17NO2/c1-2-6-9(10(12)13)11-7-4-3-5-8-11/h2,9H,1,3-8H2,(H,12,13). The Morgan fingerprint density at radius 3 is 2.54 bits per heavy atom. The molecule has 0 aromatic rings. The number of aliphatic carboxylic acids is 1. The molecule has 1 atom stereocenters. The van der Waals surface area contributed by atoms with Crippen molar-refractivity contribution in [2.75, 3.05) is 13.1 Å². The van der Waals surface area contributed by atoms with Gasteiger partial charge in [0, 0.05) is 0 Å². The largest absolute Gasteiger partial charge is 0.480 e. The molecule has 1 heterocycles. The van der Waals surface area contributed by atoms with Gasteiger partial charge in [-0.05, 0) is 32.4 Å².